The summed E-state index contributed by atoms with van der Waals surface area (Å²) in [7, 11) is 0. The summed E-state index contributed by atoms with van der Waals surface area (Å²) in [5, 5.41) is 8.39. The topological polar surface area (TPSA) is 40.9 Å². The third-order valence-corrected chi connectivity index (χ3v) is 7.08. The monoisotopic (exact) mass is 353 g/mol. The van der Waals surface area contributed by atoms with Crippen LogP contribution in [0.2, 0.25) is 0 Å². The van der Waals surface area contributed by atoms with E-state index in [1.165, 1.54) is 50.5 Å². The molecule has 2 nitrogen and oxygen atoms in total. The number of hydrogen-bond acceptors (Lipinski definition) is 2. The zero-order valence-electron chi connectivity index (χ0n) is 16.6. The number of nitrogens with one attached hydrogen (secondary N) is 1. The van der Waals surface area contributed by atoms with E-state index < -0.39 is 0 Å². The Bertz CT molecular complexity index is 602. The van der Waals surface area contributed by atoms with Gasteiger partial charge in [0.15, 0.2) is 0 Å². The second kappa shape index (κ2) is 8.50. The van der Waals surface area contributed by atoms with Crippen molar-refractivity contribution in [2.24, 2.45) is 23.2 Å². The maximum absolute atomic E-state index is 12.6. The number of aryl methyl sites for hydroxylation is 1. The highest BCUT2D eigenvalue weighted by Gasteiger charge is 2.45. The standard InChI is InChI=1S/C24H35NO/c1-3-21-22(25)16-24(2,17-23(21)26)20-14-8-13-19(15-20)12-7-11-18-9-5-4-6-10-18/h4-6,9-10,19-21,25H,3,7-8,11-17H2,1-2H3/t19?,20?,21?,24-/m0/s1. The maximum Gasteiger partial charge on any atom is 0.142 e. The molecule has 0 amide bonds. The van der Waals surface area contributed by atoms with Gasteiger partial charge in [-0.3, -0.25) is 4.79 Å². The normalized spacial score (nSPS) is 32.6. The van der Waals surface area contributed by atoms with E-state index in [1.807, 2.05) is 6.92 Å². The lowest BCUT2D eigenvalue weighted by Crippen LogP contribution is -2.43. The van der Waals surface area contributed by atoms with Gasteiger partial charge in [-0.15, -0.1) is 0 Å². The molecule has 4 atom stereocenters. The molecule has 1 aromatic carbocycles. The molecule has 0 aromatic heterocycles. The van der Waals surface area contributed by atoms with E-state index >= 15 is 0 Å². The zero-order chi connectivity index (χ0) is 18.6. The Labute approximate surface area is 159 Å². The van der Waals surface area contributed by atoms with Crippen molar-refractivity contribution in [3.8, 4) is 0 Å². The van der Waals surface area contributed by atoms with Gasteiger partial charge in [0.05, 0.1) is 5.92 Å². The highest BCUT2D eigenvalue weighted by atomic mass is 16.1. The Balaban J connectivity index is 1.54. The fourth-order valence-electron chi connectivity index (χ4n) is 5.52. The largest absolute Gasteiger partial charge is 0.309 e. The van der Waals surface area contributed by atoms with Gasteiger partial charge in [-0.2, -0.15) is 0 Å². The summed E-state index contributed by atoms with van der Waals surface area (Å²) < 4.78 is 0. The van der Waals surface area contributed by atoms with E-state index in [0.29, 0.717) is 23.8 Å². The van der Waals surface area contributed by atoms with Gasteiger partial charge in [-0.05, 0) is 61.3 Å². The van der Waals surface area contributed by atoms with Crippen LogP contribution in [0.1, 0.15) is 77.2 Å². The molecule has 0 radical (unpaired) electrons. The van der Waals surface area contributed by atoms with Gasteiger partial charge in [0.1, 0.15) is 5.78 Å². The maximum atomic E-state index is 12.6. The third-order valence-electron chi connectivity index (χ3n) is 7.08. The minimum absolute atomic E-state index is 0.0396. The molecule has 1 aromatic rings. The number of hydrogen-bond donors (Lipinski definition) is 1. The van der Waals surface area contributed by atoms with Gasteiger partial charge in [0.2, 0.25) is 0 Å². The average molecular weight is 354 g/mol. The first-order valence-electron chi connectivity index (χ1n) is 10.7. The summed E-state index contributed by atoms with van der Waals surface area (Å²) in [5.41, 5.74) is 2.19. The highest BCUT2D eigenvalue weighted by Crippen LogP contribution is 2.49. The lowest BCUT2D eigenvalue weighted by Gasteiger charge is -2.46. The van der Waals surface area contributed by atoms with E-state index in [2.05, 4.69) is 37.3 Å². The lowest BCUT2D eigenvalue weighted by molar-refractivity contribution is -0.125. The molecule has 2 heteroatoms. The van der Waals surface area contributed by atoms with Crippen LogP contribution in [0.3, 0.4) is 0 Å². The molecule has 2 aliphatic carbocycles. The van der Waals surface area contributed by atoms with Gasteiger partial charge in [0, 0.05) is 12.1 Å². The van der Waals surface area contributed by atoms with E-state index in [1.54, 1.807) is 0 Å². The molecule has 1 N–H and O–H groups in total. The number of carbonyl (C=O) groups excluding carboxylic acids is 1. The van der Waals surface area contributed by atoms with Gasteiger partial charge in [-0.1, -0.05) is 63.4 Å². The summed E-state index contributed by atoms with van der Waals surface area (Å²) in [6.45, 7) is 4.34. The Morgan fingerprint density at radius 1 is 1.15 bits per heavy atom. The molecule has 0 saturated heterocycles. The Kier molecular flexibility index (Phi) is 6.32. The Hall–Kier alpha value is -1.44. The third kappa shape index (κ3) is 4.45. The van der Waals surface area contributed by atoms with Crippen molar-refractivity contribution >= 4 is 11.5 Å². The molecule has 0 spiro atoms. The minimum Gasteiger partial charge on any atom is -0.309 e. The van der Waals surface area contributed by atoms with Crippen molar-refractivity contribution in [2.75, 3.05) is 0 Å². The summed E-state index contributed by atoms with van der Waals surface area (Å²) in [6.07, 6.45) is 11.3. The fraction of sp³-hybridized carbons (Fsp3) is 0.667. The number of carbonyl (C=O) groups is 1. The van der Waals surface area contributed by atoms with Crippen molar-refractivity contribution in [2.45, 2.75) is 78.1 Å². The van der Waals surface area contributed by atoms with Crippen LogP contribution < -0.4 is 0 Å². The van der Waals surface area contributed by atoms with E-state index in [9.17, 15) is 4.79 Å². The number of Topliss-reactive ketones (excluding diaryl/α,β-unsaturated/α-hetero) is 1. The SMILES string of the molecule is CCC1C(=N)C[C@](C)(C2CCCC(CCCc3ccccc3)C2)CC1=O. The number of rotatable bonds is 6. The van der Waals surface area contributed by atoms with E-state index in [-0.39, 0.29) is 11.3 Å². The Morgan fingerprint density at radius 2 is 1.92 bits per heavy atom. The number of ketones is 1. The van der Waals surface area contributed by atoms with E-state index in [0.717, 1.165) is 18.8 Å². The van der Waals surface area contributed by atoms with E-state index in [4.69, 9.17) is 5.41 Å². The fourth-order valence-corrected chi connectivity index (χ4v) is 5.52. The second-order valence-electron chi connectivity index (χ2n) is 9.07. The van der Waals surface area contributed by atoms with Crippen molar-refractivity contribution in [1.29, 1.82) is 5.41 Å². The predicted molar refractivity (Wildman–Crippen MR) is 109 cm³/mol. The Morgan fingerprint density at radius 3 is 2.62 bits per heavy atom. The molecule has 142 valence electrons. The minimum atomic E-state index is -0.0895. The number of benzene rings is 1. The van der Waals surface area contributed by atoms with Crippen molar-refractivity contribution in [3.05, 3.63) is 35.9 Å². The van der Waals surface area contributed by atoms with Crippen molar-refractivity contribution in [1.82, 2.24) is 0 Å². The summed E-state index contributed by atoms with van der Waals surface area (Å²) >= 11 is 0. The molecular weight excluding hydrogens is 318 g/mol. The first-order valence-corrected chi connectivity index (χ1v) is 10.7. The van der Waals surface area contributed by atoms with Crippen LogP contribution >= 0.6 is 0 Å². The quantitative estimate of drug-likeness (QED) is 0.647. The molecule has 0 heterocycles. The molecule has 3 unspecified atom stereocenters. The average Bonchev–Trinajstić information content (AvgIpc) is 2.62. The van der Waals surface area contributed by atoms with Crippen LogP contribution in [0.5, 0.6) is 0 Å². The molecule has 2 fully saturated rings. The summed E-state index contributed by atoms with van der Waals surface area (Å²) in [4.78, 5) is 12.6. The van der Waals surface area contributed by atoms with Gasteiger partial charge < -0.3 is 5.41 Å². The van der Waals surface area contributed by atoms with Crippen LogP contribution in [0.4, 0.5) is 0 Å². The van der Waals surface area contributed by atoms with Crippen LogP contribution in [-0.2, 0) is 11.2 Å². The van der Waals surface area contributed by atoms with Crippen LogP contribution in [0, 0.1) is 28.6 Å². The van der Waals surface area contributed by atoms with Gasteiger partial charge in [0.25, 0.3) is 0 Å². The second-order valence-corrected chi connectivity index (χ2v) is 9.07. The summed E-state index contributed by atoms with van der Waals surface area (Å²) in [6, 6.07) is 10.8. The van der Waals surface area contributed by atoms with Crippen molar-refractivity contribution in [3.63, 3.8) is 0 Å². The highest BCUT2D eigenvalue weighted by molar-refractivity contribution is 6.06. The van der Waals surface area contributed by atoms with Crippen LogP contribution in [0.25, 0.3) is 0 Å². The smallest absolute Gasteiger partial charge is 0.142 e. The van der Waals surface area contributed by atoms with Crippen LogP contribution in [-0.4, -0.2) is 11.5 Å². The van der Waals surface area contributed by atoms with Gasteiger partial charge in [-0.25, -0.2) is 0 Å². The summed E-state index contributed by atoms with van der Waals surface area (Å²) in [5.74, 6) is 1.67. The molecular formula is C24H35NO. The van der Waals surface area contributed by atoms with Gasteiger partial charge >= 0.3 is 0 Å². The first kappa shape index (κ1) is 19.3. The molecule has 26 heavy (non-hydrogen) atoms. The predicted octanol–water partition coefficient (Wildman–Crippen LogP) is 6.23. The molecule has 0 bridgehead atoms. The van der Waals surface area contributed by atoms with Crippen molar-refractivity contribution < 1.29 is 4.79 Å². The molecule has 2 aliphatic rings. The van der Waals surface area contributed by atoms with Crippen LogP contribution in [0.15, 0.2) is 30.3 Å². The zero-order valence-corrected chi connectivity index (χ0v) is 16.6. The molecule has 2 saturated carbocycles. The first-order chi connectivity index (χ1) is 12.5. The lowest BCUT2D eigenvalue weighted by atomic mass is 9.58. The molecule has 0 aliphatic heterocycles. The molecule has 3 rings (SSSR count).